The monoisotopic (exact) mass is 304 g/mol. The predicted octanol–water partition coefficient (Wildman–Crippen LogP) is 3.56. The molecular weight excluding hydrogens is 272 g/mol. The highest BCUT2D eigenvalue weighted by atomic mass is 16.5. The molecule has 3 nitrogen and oxygen atoms in total. The first-order valence-corrected chi connectivity index (χ1v) is 8.59. The second kappa shape index (κ2) is 7.47. The lowest BCUT2D eigenvalue weighted by Gasteiger charge is -2.27. The minimum Gasteiger partial charge on any atom is -0.492 e. The number of ether oxygens (including phenoxy) is 1. The van der Waals surface area contributed by atoms with E-state index < -0.39 is 0 Å². The molecule has 0 aromatic heterocycles. The summed E-state index contributed by atoms with van der Waals surface area (Å²) >= 11 is 0. The third kappa shape index (κ3) is 4.99. The van der Waals surface area contributed by atoms with E-state index in [1.165, 1.54) is 12.0 Å². The van der Waals surface area contributed by atoms with Gasteiger partial charge in [-0.2, -0.15) is 0 Å². The Morgan fingerprint density at radius 2 is 1.86 bits per heavy atom. The van der Waals surface area contributed by atoms with Gasteiger partial charge < -0.3 is 10.5 Å². The maximum Gasteiger partial charge on any atom is 0.119 e. The molecule has 1 aromatic rings. The molecule has 124 valence electrons. The van der Waals surface area contributed by atoms with Crippen molar-refractivity contribution in [2.45, 2.75) is 64.5 Å². The van der Waals surface area contributed by atoms with E-state index in [2.05, 4.69) is 56.9 Å². The Morgan fingerprint density at radius 1 is 1.18 bits per heavy atom. The van der Waals surface area contributed by atoms with Gasteiger partial charge in [0.25, 0.3) is 0 Å². The summed E-state index contributed by atoms with van der Waals surface area (Å²) in [6, 6.07) is 9.34. The third-order valence-corrected chi connectivity index (χ3v) is 4.64. The standard InChI is InChI=1S/C19H32N2O/c1-15(21-12-5-6-17(20)11-13-21)14-22-18-9-7-16(8-10-18)19(2,3)4/h7-10,15,17H,5-6,11-14,20H2,1-4H3. The van der Waals surface area contributed by atoms with Gasteiger partial charge >= 0.3 is 0 Å². The molecule has 0 saturated carbocycles. The summed E-state index contributed by atoms with van der Waals surface area (Å²) in [5.41, 5.74) is 7.59. The van der Waals surface area contributed by atoms with Crippen LogP contribution in [0.15, 0.2) is 24.3 Å². The molecule has 0 radical (unpaired) electrons. The van der Waals surface area contributed by atoms with Crippen LogP contribution in [0.2, 0.25) is 0 Å². The van der Waals surface area contributed by atoms with Crippen molar-refractivity contribution < 1.29 is 4.74 Å². The van der Waals surface area contributed by atoms with Crippen LogP contribution in [0.25, 0.3) is 0 Å². The maximum atomic E-state index is 6.05. The second-order valence-corrected chi connectivity index (χ2v) is 7.66. The molecule has 1 aliphatic rings. The van der Waals surface area contributed by atoms with Gasteiger partial charge in [-0.1, -0.05) is 32.9 Å². The molecule has 0 spiro atoms. The number of rotatable bonds is 4. The van der Waals surface area contributed by atoms with Crippen LogP contribution >= 0.6 is 0 Å². The molecule has 0 aliphatic carbocycles. The predicted molar refractivity (Wildman–Crippen MR) is 93.5 cm³/mol. The van der Waals surface area contributed by atoms with E-state index in [0.717, 1.165) is 38.3 Å². The van der Waals surface area contributed by atoms with E-state index in [9.17, 15) is 0 Å². The van der Waals surface area contributed by atoms with Gasteiger partial charge in [-0.05, 0) is 55.8 Å². The zero-order valence-electron chi connectivity index (χ0n) is 14.6. The van der Waals surface area contributed by atoms with Crippen LogP contribution in [0.1, 0.15) is 52.5 Å². The summed E-state index contributed by atoms with van der Waals surface area (Å²) in [5, 5.41) is 0. The second-order valence-electron chi connectivity index (χ2n) is 7.66. The van der Waals surface area contributed by atoms with Crippen LogP contribution in [0.5, 0.6) is 5.75 Å². The van der Waals surface area contributed by atoms with Crippen LogP contribution in [0.4, 0.5) is 0 Å². The molecule has 2 N–H and O–H groups in total. The molecule has 2 atom stereocenters. The smallest absolute Gasteiger partial charge is 0.119 e. The third-order valence-electron chi connectivity index (χ3n) is 4.64. The Morgan fingerprint density at radius 3 is 2.50 bits per heavy atom. The number of nitrogens with two attached hydrogens (primary N) is 1. The van der Waals surface area contributed by atoms with Crippen LogP contribution in [0.3, 0.4) is 0 Å². The Bertz CT molecular complexity index is 449. The number of hydrogen-bond acceptors (Lipinski definition) is 3. The molecule has 1 heterocycles. The van der Waals surface area contributed by atoms with Crippen molar-refractivity contribution in [3.63, 3.8) is 0 Å². The van der Waals surface area contributed by atoms with Gasteiger partial charge in [0.2, 0.25) is 0 Å². The molecule has 3 heteroatoms. The molecule has 2 rings (SSSR count). The summed E-state index contributed by atoms with van der Waals surface area (Å²) in [6.45, 7) is 11.9. The zero-order chi connectivity index (χ0) is 16.2. The first-order chi connectivity index (χ1) is 10.4. The van der Waals surface area contributed by atoms with Gasteiger partial charge in [-0.15, -0.1) is 0 Å². The minimum atomic E-state index is 0.191. The van der Waals surface area contributed by atoms with E-state index in [-0.39, 0.29) is 5.41 Å². The van der Waals surface area contributed by atoms with Crippen molar-refractivity contribution in [3.05, 3.63) is 29.8 Å². The Labute approximate surface area is 135 Å². The molecule has 2 unspecified atom stereocenters. The van der Waals surface area contributed by atoms with Crippen molar-refractivity contribution in [3.8, 4) is 5.75 Å². The van der Waals surface area contributed by atoms with Crippen LogP contribution in [0, 0.1) is 0 Å². The summed E-state index contributed by atoms with van der Waals surface area (Å²) in [6.07, 6.45) is 3.45. The number of likely N-dealkylation sites (tertiary alicyclic amines) is 1. The molecule has 0 amide bonds. The number of hydrogen-bond donors (Lipinski definition) is 1. The Kier molecular flexibility index (Phi) is 5.87. The normalized spacial score (nSPS) is 22.1. The fourth-order valence-electron chi connectivity index (χ4n) is 2.96. The quantitative estimate of drug-likeness (QED) is 0.924. The van der Waals surface area contributed by atoms with Crippen molar-refractivity contribution >= 4 is 0 Å². The number of benzene rings is 1. The van der Waals surface area contributed by atoms with Gasteiger partial charge in [-0.3, -0.25) is 4.90 Å². The van der Waals surface area contributed by atoms with Gasteiger partial charge in [-0.25, -0.2) is 0 Å². The molecule has 22 heavy (non-hydrogen) atoms. The molecule has 0 bridgehead atoms. The molecule has 1 saturated heterocycles. The lowest BCUT2D eigenvalue weighted by molar-refractivity contribution is 0.150. The highest BCUT2D eigenvalue weighted by Crippen LogP contribution is 2.24. The summed E-state index contributed by atoms with van der Waals surface area (Å²) in [4.78, 5) is 2.51. The zero-order valence-corrected chi connectivity index (χ0v) is 14.6. The first-order valence-electron chi connectivity index (χ1n) is 8.59. The van der Waals surface area contributed by atoms with Crippen molar-refractivity contribution in [2.24, 2.45) is 5.73 Å². The van der Waals surface area contributed by atoms with Crippen LogP contribution < -0.4 is 10.5 Å². The van der Waals surface area contributed by atoms with E-state index in [1.807, 2.05) is 0 Å². The van der Waals surface area contributed by atoms with Gasteiger partial charge in [0.05, 0.1) is 0 Å². The average Bonchev–Trinajstić information content (AvgIpc) is 2.69. The molecular formula is C19H32N2O. The number of nitrogens with zero attached hydrogens (tertiary/aromatic N) is 1. The lowest BCUT2D eigenvalue weighted by Crippen LogP contribution is -2.38. The summed E-state index contributed by atoms with van der Waals surface area (Å²) in [7, 11) is 0. The highest BCUT2D eigenvalue weighted by Gasteiger charge is 2.19. The van der Waals surface area contributed by atoms with Gasteiger partial charge in [0.1, 0.15) is 12.4 Å². The molecule has 1 fully saturated rings. The SMILES string of the molecule is CC(COc1ccc(C(C)(C)C)cc1)N1CCCC(N)CC1. The van der Waals surface area contributed by atoms with E-state index in [4.69, 9.17) is 10.5 Å². The maximum absolute atomic E-state index is 6.05. The van der Waals surface area contributed by atoms with E-state index in [1.54, 1.807) is 0 Å². The minimum absolute atomic E-state index is 0.191. The lowest BCUT2D eigenvalue weighted by atomic mass is 9.87. The Hall–Kier alpha value is -1.06. The van der Waals surface area contributed by atoms with Crippen LogP contribution in [-0.2, 0) is 5.41 Å². The summed E-state index contributed by atoms with van der Waals surface area (Å²) in [5.74, 6) is 0.964. The fourth-order valence-corrected chi connectivity index (χ4v) is 2.96. The molecule has 1 aromatic carbocycles. The van der Waals surface area contributed by atoms with E-state index in [0.29, 0.717) is 12.1 Å². The first kappa shape index (κ1) is 17.3. The van der Waals surface area contributed by atoms with Crippen molar-refractivity contribution in [2.75, 3.05) is 19.7 Å². The van der Waals surface area contributed by atoms with Crippen LogP contribution in [-0.4, -0.2) is 36.7 Å². The van der Waals surface area contributed by atoms with E-state index >= 15 is 0 Å². The topological polar surface area (TPSA) is 38.5 Å². The van der Waals surface area contributed by atoms with Gasteiger partial charge in [0, 0.05) is 18.6 Å². The molecule has 1 aliphatic heterocycles. The van der Waals surface area contributed by atoms with Crippen molar-refractivity contribution in [1.82, 2.24) is 4.90 Å². The largest absolute Gasteiger partial charge is 0.492 e. The fraction of sp³-hybridized carbons (Fsp3) is 0.684. The summed E-state index contributed by atoms with van der Waals surface area (Å²) < 4.78 is 5.98. The Balaban J connectivity index is 1.84. The van der Waals surface area contributed by atoms with Crippen molar-refractivity contribution in [1.29, 1.82) is 0 Å². The highest BCUT2D eigenvalue weighted by molar-refractivity contribution is 5.31. The average molecular weight is 304 g/mol. The van der Waals surface area contributed by atoms with Gasteiger partial charge in [0.15, 0.2) is 0 Å².